The number of methoxy groups -OCH3 is 2. The quantitative estimate of drug-likeness (QED) is 0.436. The second kappa shape index (κ2) is 9.61. The summed E-state index contributed by atoms with van der Waals surface area (Å²) in [6.45, 7) is -2.60. The number of carbonyl (C=O) groups is 2. The third kappa shape index (κ3) is 4.90. The van der Waals surface area contributed by atoms with Gasteiger partial charge in [-0.3, -0.25) is 9.59 Å². The molecule has 0 spiro atoms. The molecule has 0 saturated heterocycles. The maximum Gasteiger partial charge on any atom is 0.254 e. The monoisotopic (exact) mass is 456 g/mol. The molecule has 12 nitrogen and oxygen atoms in total. The van der Waals surface area contributed by atoms with Gasteiger partial charge in [0.25, 0.3) is 11.8 Å². The summed E-state index contributed by atoms with van der Waals surface area (Å²) in [6.07, 6.45) is 4.22. The number of hydrogen-bond donors (Lipinski definition) is 3. The van der Waals surface area contributed by atoms with Crippen molar-refractivity contribution in [2.45, 2.75) is 19.4 Å². The lowest BCUT2D eigenvalue weighted by molar-refractivity contribution is -0.117. The summed E-state index contributed by atoms with van der Waals surface area (Å²) >= 11 is 0. The van der Waals surface area contributed by atoms with Crippen LogP contribution in [-0.2, 0) is 16.1 Å². The van der Waals surface area contributed by atoms with E-state index in [1.54, 1.807) is 6.07 Å². The predicted molar refractivity (Wildman–Crippen MR) is 117 cm³/mol. The molecule has 1 saturated carbocycles. The van der Waals surface area contributed by atoms with Gasteiger partial charge in [-0.1, -0.05) is 5.16 Å². The van der Waals surface area contributed by atoms with Crippen LogP contribution in [0, 0.1) is 5.92 Å². The molecule has 0 atom stereocenters. The molecule has 0 radical (unpaired) electrons. The third-order valence-electron chi connectivity index (χ3n) is 4.80. The van der Waals surface area contributed by atoms with E-state index in [-0.39, 0.29) is 58.8 Å². The largest absolute Gasteiger partial charge is 0.492 e. The number of ether oxygens (including phenoxy) is 2. The molecule has 1 aliphatic rings. The van der Waals surface area contributed by atoms with Crippen LogP contribution in [0.5, 0.6) is 5.75 Å². The van der Waals surface area contributed by atoms with Crippen molar-refractivity contribution in [1.29, 1.82) is 0 Å². The van der Waals surface area contributed by atoms with Gasteiger partial charge in [0.1, 0.15) is 12.4 Å². The number of carbonyl (C=O) groups excluding carboxylic acids is 2. The van der Waals surface area contributed by atoms with Crippen LogP contribution in [-0.4, -0.2) is 53.1 Å². The van der Waals surface area contributed by atoms with E-state index >= 15 is 0 Å². The van der Waals surface area contributed by atoms with Crippen molar-refractivity contribution in [3.8, 4) is 17.1 Å². The fourth-order valence-electron chi connectivity index (χ4n) is 3.04. The highest BCUT2D eigenvalue weighted by atomic mass is 16.5. The highest BCUT2D eigenvalue weighted by Gasteiger charge is 2.30. The maximum absolute atomic E-state index is 12.7. The molecular weight excluding hydrogens is 430 g/mol. The first-order valence-electron chi connectivity index (χ1n) is 11.4. The Kier molecular flexibility index (Phi) is 5.39. The smallest absolute Gasteiger partial charge is 0.254 e. The number of rotatable bonds is 9. The summed E-state index contributed by atoms with van der Waals surface area (Å²) in [6, 6.07) is 3.02. The van der Waals surface area contributed by atoms with Gasteiger partial charge < -0.3 is 29.9 Å². The summed E-state index contributed by atoms with van der Waals surface area (Å²) in [7, 11) is 2.91. The zero-order valence-electron chi connectivity index (χ0n) is 20.8. The third-order valence-corrected chi connectivity index (χ3v) is 4.80. The highest BCUT2D eigenvalue weighted by molar-refractivity contribution is 6.01. The van der Waals surface area contributed by atoms with Gasteiger partial charge in [0.15, 0.2) is 11.6 Å². The number of aromatic nitrogens is 4. The zero-order chi connectivity index (χ0) is 25.9. The number of hydrogen-bond acceptors (Lipinski definition) is 10. The minimum absolute atomic E-state index is 0.0712. The fraction of sp³-hybridized carbons (Fsp3) is 0.333. The summed E-state index contributed by atoms with van der Waals surface area (Å²) in [4.78, 5) is 37.5. The zero-order valence-corrected chi connectivity index (χ0v) is 17.8. The summed E-state index contributed by atoms with van der Waals surface area (Å²) in [5.41, 5.74) is 0.478. The van der Waals surface area contributed by atoms with Crippen molar-refractivity contribution in [3.05, 3.63) is 36.0 Å². The van der Waals surface area contributed by atoms with Gasteiger partial charge in [-0.15, -0.1) is 0 Å². The van der Waals surface area contributed by atoms with E-state index in [4.69, 9.17) is 18.1 Å². The van der Waals surface area contributed by atoms with E-state index in [0.29, 0.717) is 5.56 Å². The molecule has 3 N–H and O–H groups in total. The first kappa shape index (κ1) is 18.5. The molecule has 33 heavy (non-hydrogen) atoms. The van der Waals surface area contributed by atoms with Crippen LogP contribution in [0.1, 0.15) is 33.2 Å². The topological polar surface area (TPSA) is 153 Å². The first-order valence-corrected chi connectivity index (χ1v) is 9.94. The summed E-state index contributed by atoms with van der Waals surface area (Å²) < 4.78 is 37.7. The minimum Gasteiger partial charge on any atom is -0.492 e. The van der Waals surface area contributed by atoms with Crippen LogP contribution < -0.4 is 20.7 Å². The molecule has 3 aromatic rings. The van der Waals surface area contributed by atoms with Crippen LogP contribution in [0.4, 0.5) is 17.3 Å². The lowest BCUT2D eigenvalue weighted by atomic mass is 10.2. The molecule has 0 aliphatic heterocycles. The van der Waals surface area contributed by atoms with Gasteiger partial charge in [0.05, 0.1) is 23.9 Å². The van der Waals surface area contributed by atoms with E-state index in [1.165, 1.54) is 32.7 Å². The molecule has 1 aliphatic carbocycles. The van der Waals surface area contributed by atoms with Crippen molar-refractivity contribution in [2.75, 3.05) is 31.8 Å². The molecular formula is C21H23N7O5. The average molecular weight is 456 g/mol. The van der Waals surface area contributed by atoms with E-state index in [1.807, 2.05) is 5.32 Å². The van der Waals surface area contributed by atoms with Gasteiger partial charge in [-0.05, 0) is 18.9 Å². The standard InChI is InChI=1S/C21H23N7O5/c1-22-21(30)13-9-24-15(26-20(29)11-4-5-11)8-14(13)25-19-17(32-3)12(6-7-23-19)18-27-16(10-31-2)33-28-18/h6-9,11H,4-5,10H2,1-3H3,(H,22,30)(H2,23,24,25,26,29)/i1D3. The molecule has 0 aromatic carbocycles. The molecule has 2 amide bonds. The van der Waals surface area contributed by atoms with E-state index < -0.39 is 12.9 Å². The van der Waals surface area contributed by atoms with Crippen molar-refractivity contribution in [3.63, 3.8) is 0 Å². The van der Waals surface area contributed by atoms with Crippen molar-refractivity contribution < 1.29 is 27.7 Å². The Morgan fingerprint density at radius 2 is 2.15 bits per heavy atom. The molecule has 12 heteroatoms. The highest BCUT2D eigenvalue weighted by Crippen LogP contribution is 2.36. The van der Waals surface area contributed by atoms with Gasteiger partial charge in [-0.2, -0.15) is 4.98 Å². The van der Waals surface area contributed by atoms with Gasteiger partial charge in [-0.25, -0.2) is 9.97 Å². The van der Waals surface area contributed by atoms with Crippen LogP contribution in [0.3, 0.4) is 0 Å². The lowest BCUT2D eigenvalue weighted by Crippen LogP contribution is -2.20. The number of pyridine rings is 2. The average Bonchev–Trinajstić information content (AvgIpc) is 3.57. The van der Waals surface area contributed by atoms with Crippen LogP contribution in [0.2, 0.25) is 0 Å². The SMILES string of the molecule is [2H]C([2H])([2H])NC(=O)c1cnc(NC(=O)C2CC2)cc1Nc1nccc(-c2noc(COC)n2)c1OC. The van der Waals surface area contributed by atoms with Gasteiger partial charge in [0.2, 0.25) is 11.7 Å². The maximum atomic E-state index is 12.7. The lowest BCUT2D eigenvalue weighted by Gasteiger charge is -2.15. The predicted octanol–water partition coefficient (Wildman–Crippen LogP) is 2.13. The number of amides is 2. The molecule has 172 valence electrons. The van der Waals surface area contributed by atoms with Crippen LogP contribution >= 0.6 is 0 Å². The molecule has 3 aromatic heterocycles. The number of nitrogens with zero attached hydrogens (tertiary/aromatic N) is 4. The number of anilines is 3. The second-order valence-electron chi connectivity index (χ2n) is 7.14. The molecule has 4 rings (SSSR count). The molecule has 3 heterocycles. The van der Waals surface area contributed by atoms with Crippen molar-refractivity contribution in [1.82, 2.24) is 25.4 Å². The Balaban J connectivity index is 1.70. The Bertz CT molecular complexity index is 1280. The van der Waals surface area contributed by atoms with Crippen molar-refractivity contribution >= 4 is 29.1 Å². The minimum atomic E-state index is -2.72. The molecule has 0 unspecified atom stereocenters. The fourth-order valence-corrected chi connectivity index (χ4v) is 3.04. The summed E-state index contributed by atoms with van der Waals surface area (Å²) in [5.74, 6) is -0.106. The van der Waals surface area contributed by atoms with Crippen LogP contribution in [0.15, 0.2) is 29.0 Å². The van der Waals surface area contributed by atoms with E-state index in [0.717, 1.165) is 12.8 Å². The normalized spacial score (nSPS) is 14.5. The van der Waals surface area contributed by atoms with Crippen LogP contribution in [0.25, 0.3) is 11.4 Å². The van der Waals surface area contributed by atoms with Crippen molar-refractivity contribution in [2.24, 2.45) is 5.92 Å². The van der Waals surface area contributed by atoms with Gasteiger partial charge in [0, 0.05) is 42.6 Å². The Morgan fingerprint density at radius 3 is 2.88 bits per heavy atom. The second-order valence-corrected chi connectivity index (χ2v) is 7.14. The summed E-state index contributed by atoms with van der Waals surface area (Å²) in [5, 5.41) is 11.5. The first-order chi connectivity index (χ1) is 17.2. The Morgan fingerprint density at radius 1 is 1.30 bits per heavy atom. The van der Waals surface area contributed by atoms with E-state index in [2.05, 4.69) is 30.7 Å². The Labute approximate surface area is 193 Å². The van der Waals surface area contributed by atoms with Gasteiger partial charge >= 0.3 is 0 Å². The Hall–Kier alpha value is -4.06. The van der Waals surface area contributed by atoms with E-state index in [9.17, 15) is 9.59 Å². The number of nitrogens with one attached hydrogen (secondary N) is 3. The molecule has 1 fully saturated rings. The molecule has 0 bridgehead atoms.